The monoisotopic (exact) mass is 328 g/mol. The van der Waals surface area contributed by atoms with E-state index in [0.717, 1.165) is 32.4 Å². The maximum absolute atomic E-state index is 11.9. The lowest BCUT2D eigenvalue weighted by atomic mass is 10.0. The average molecular weight is 328 g/mol. The first kappa shape index (κ1) is 19.4. The van der Waals surface area contributed by atoms with Crippen LogP contribution in [-0.4, -0.2) is 62.1 Å². The summed E-state index contributed by atoms with van der Waals surface area (Å²) in [4.78, 5) is 37.1. The van der Waals surface area contributed by atoms with Crippen molar-refractivity contribution in [3.63, 3.8) is 0 Å². The van der Waals surface area contributed by atoms with Crippen LogP contribution in [0.4, 0.5) is 0 Å². The molecule has 1 heterocycles. The number of hydrogen-bond donors (Lipinski definition) is 1. The first-order chi connectivity index (χ1) is 10.9. The van der Waals surface area contributed by atoms with Crippen molar-refractivity contribution in [3.05, 3.63) is 0 Å². The summed E-state index contributed by atoms with van der Waals surface area (Å²) < 4.78 is 9.86. The van der Waals surface area contributed by atoms with Gasteiger partial charge in [-0.1, -0.05) is 13.8 Å². The van der Waals surface area contributed by atoms with Crippen LogP contribution in [-0.2, 0) is 23.9 Å². The Balaban J connectivity index is 2.31. The number of hydrogen-bond acceptors (Lipinski definition) is 5. The van der Waals surface area contributed by atoms with Crippen LogP contribution in [0.3, 0.4) is 0 Å². The maximum Gasteiger partial charge on any atom is 0.328 e. The van der Waals surface area contributed by atoms with Gasteiger partial charge >= 0.3 is 5.97 Å². The molecular weight excluding hydrogens is 300 g/mol. The fourth-order valence-corrected chi connectivity index (χ4v) is 2.53. The van der Waals surface area contributed by atoms with E-state index in [9.17, 15) is 14.4 Å². The minimum atomic E-state index is -0.686. The van der Waals surface area contributed by atoms with Crippen molar-refractivity contribution in [2.45, 2.75) is 45.6 Å². The summed E-state index contributed by atoms with van der Waals surface area (Å²) in [6, 6.07) is -0.686. The minimum absolute atomic E-state index is 0.0933. The van der Waals surface area contributed by atoms with E-state index in [4.69, 9.17) is 4.74 Å². The lowest BCUT2D eigenvalue weighted by Gasteiger charge is -2.26. The number of nitrogens with zero attached hydrogens (tertiary/aromatic N) is 1. The van der Waals surface area contributed by atoms with Gasteiger partial charge in [0, 0.05) is 13.1 Å². The van der Waals surface area contributed by atoms with Gasteiger partial charge in [0.05, 0.1) is 7.11 Å². The largest absolute Gasteiger partial charge is 0.467 e. The van der Waals surface area contributed by atoms with Crippen molar-refractivity contribution in [2.75, 3.05) is 33.4 Å². The average Bonchev–Trinajstić information content (AvgIpc) is 2.53. The standard InChI is InChI=1S/C16H28N2O5/c1-12(2)9-13(16(21)22-3)17-14(19)10-23-11-15(20)18-7-5-4-6-8-18/h12-13H,4-11H2,1-3H3,(H,17,19). The van der Waals surface area contributed by atoms with Crippen LogP contribution in [0.2, 0.25) is 0 Å². The third-order valence-electron chi connectivity index (χ3n) is 3.70. The summed E-state index contributed by atoms with van der Waals surface area (Å²) in [7, 11) is 1.29. The van der Waals surface area contributed by atoms with Gasteiger partial charge in [-0.05, 0) is 31.6 Å². The first-order valence-electron chi connectivity index (χ1n) is 8.16. The second-order valence-corrected chi connectivity index (χ2v) is 6.21. The Hall–Kier alpha value is -1.63. The van der Waals surface area contributed by atoms with Crippen molar-refractivity contribution in [1.29, 1.82) is 0 Å². The molecule has 0 aromatic carbocycles. The lowest BCUT2D eigenvalue weighted by molar-refractivity contribution is -0.147. The van der Waals surface area contributed by atoms with E-state index in [1.54, 1.807) is 4.90 Å². The van der Waals surface area contributed by atoms with Gasteiger partial charge in [-0.15, -0.1) is 0 Å². The highest BCUT2D eigenvalue weighted by molar-refractivity contribution is 5.85. The zero-order valence-electron chi connectivity index (χ0n) is 14.3. The predicted octanol–water partition coefficient (Wildman–Crippen LogP) is 0.719. The molecular formula is C16H28N2O5. The molecule has 1 aliphatic rings. The number of likely N-dealkylation sites (tertiary alicyclic amines) is 1. The number of ether oxygens (including phenoxy) is 2. The topological polar surface area (TPSA) is 84.9 Å². The molecule has 0 spiro atoms. The molecule has 0 bridgehead atoms. The number of amides is 2. The molecule has 1 atom stereocenters. The van der Waals surface area contributed by atoms with E-state index in [1.807, 2.05) is 13.8 Å². The Labute approximate surface area is 137 Å². The van der Waals surface area contributed by atoms with Gasteiger partial charge < -0.3 is 19.7 Å². The number of piperidine rings is 1. The molecule has 1 saturated heterocycles. The highest BCUT2D eigenvalue weighted by atomic mass is 16.5. The molecule has 2 amide bonds. The molecule has 132 valence electrons. The van der Waals surface area contributed by atoms with E-state index in [-0.39, 0.29) is 25.0 Å². The Bertz CT molecular complexity index is 405. The smallest absolute Gasteiger partial charge is 0.328 e. The number of rotatable bonds is 8. The molecule has 7 nitrogen and oxygen atoms in total. The number of esters is 1. The van der Waals surface area contributed by atoms with Gasteiger partial charge in [-0.3, -0.25) is 9.59 Å². The van der Waals surface area contributed by atoms with Crippen LogP contribution in [0, 0.1) is 5.92 Å². The van der Waals surface area contributed by atoms with Crippen molar-refractivity contribution in [1.82, 2.24) is 10.2 Å². The van der Waals surface area contributed by atoms with Crippen molar-refractivity contribution in [3.8, 4) is 0 Å². The van der Waals surface area contributed by atoms with Crippen molar-refractivity contribution < 1.29 is 23.9 Å². The van der Waals surface area contributed by atoms with Crippen molar-refractivity contribution >= 4 is 17.8 Å². The molecule has 1 fully saturated rings. The van der Waals surface area contributed by atoms with Gasteiger partial charge in [0.2, 0.25) is 11.8 Å². The van der Waals surface area contributed by atoms with Crippen LogP contribution in [0.25, 0.3) is 0 Å². The molecule has 1 rings (SSSR count). The van der Waals surface area contributed by atoms with E-state index >= 15 is 0 Å². The van der Waals surface area contributed by atoms with Crippen LogP contribution < -0.4 is 5.32 Å². The zero-order chi connectivity index (χ0) is 17.2. The summed E-state index contributed by atoms with van der Waals surface area (Å²) >= 11 is 0. The second kappa shape index (κ2) is 10.2. The van der Waals surface area contributed by atoms with E-state index in [0.29, 0.717) is 6.42 Å². The molecule has 0 saturated carbocycles. The number of carbonyl (C=O) groups excluding carboxylic acids is 3. The third-order valence-corrected chi connectivity index (χ3v) is 3.70. The van der Waals surface area contributed by atoms with Gasteiger partial charge in [0.1, 0.15) is 19.3 Å². The normalized spacial score (nSPS) is 16.1. The first-order valence-corrected chi connectivity index (χ1v) is 8.16. The van der Waals surface area contributed by atoms with E-state index in [2.05, 4.69) is 10.1 Å². The maximum atomic E-state index is 11.9. The summed E-state index contributed by atoms with van der Waals surface area (Å²) in [6.45, 7) is 5.07. The molecule has 0 aromatic heterocycles. The van der Waals surface area contributed by atoms with Crippen LogP contribution in [0.1, 0.15) is 39.5 Å². The molecule has 0 aliphatic carbocycles. The van der Waals surface area contributed by atoms with Crippen LogP contribution in [0.15, 0.2) is 0 Å². The van der Waals surface area contributed by atoms with Gasteiger partial charge in [0.15, 0.2) is 0 Å². The molecule has 7 heteroatoms. The fourth-order valence-electron chi connectivity index (χ4n) is 2.53. The second-order valence-electron chi connectivity index (χ2n) is 6.21. The molecule has 1 aliphatic heterocycles. The van der Waals surface area contributed by atoms with E-state index < -0.39 is 17.9 Å². The van der Waals surface area contributed by atoms with Gasteiger partial charge in [0.25, 0.3) is 0 Å². The van der Waals surface area contributed by atoms with Gasteiger partial charge in [-0.25, -0.2) is 4.79 Å². The Kier molecular flexibility index (Phi) is 8.61. The highest BCUT2D eigenvalue weighted by Gasteiger charge is 2.23. The minimum Gasteiger partial charge on any atom is -0.467 e. The van der Waals surface area contributed by atoms with Crippen molar-refractivity contribution in [2.24, 2.45) is 5.92 Å². The lowest BCUT2D eigenvalue weighted by Crippen LogP contribution is -2.44. The SMILES string of the molecule is COC(=O)C(CC(C)C)NC(=O)COCC(=O)N1CCCCC1. The van der Waals surface area contributed by atoms with Crippen LogP contribution >= 0.6 is 0 Å². The predicted molar refractivity (Wildman–Crippen MR) is 84.7 cm³/mol. The molecule has 23 heavy (non-hydrogen) atoms. The molecule has 1 N–H and O–H groups in total. The summed E-state index contributed by atoms with van der Waals surface area (Å²) in [5.74, 6) is -0.755. The molecule has 1 unspecified atom stereocenters. The Morgan fingerprint density at radius 3 is 2.30 bits per heavy atom. The molecule has 0 aromatic rings. The highest BCUT2D eigenvalue weighted by Crippen LogP contribution is 2.09. The van der Waals surface area contributed by atoms with E-state index in [1.165, 1.54) is 7.11 Å². The number of methoxy groups -OCH3 is 1. The van der Waals surface area contributed by atoms with Crippen LogP contribution in [0.5, 0.6) is 0 Å². The summed E-state index contributed by atoms with van der Waals surface area (Å²) in [5, 5.41) is 2.59. The summed E-state index contributed by atoms with van der Waals surface area (Å²) in [6.07, 6.45) is 3.67. The van der Waals surface area contributed by atoms with Gasteiger partial charge in [-0.2, -0.15) is 0 Å². The quantitative estimate of drug-likeness (QED) is 0.664. The number of carbonyl (C=O) groups is 3. The summed E-state index contributed by atoms with van der Waals surface area (Å²) in [5.41, 5.74) is 0. The fraction of sp³-hybridized carbons (Fsp3) is 0.812. The zero-order valence-corrected chi connectivity index (χ0v) is 14.3. The Morgan fingerprint density at radius 2 is 1.74 bits per heavy atom. The third kappa shape index (κ3) is 7.45. The number of nitrogens with one attached hydrogen (secondary N) is 1. The Morgan fingerprint density at radius 1 is 1.09 bits per heavy atom. The molecule has 0 radical (unpaired) electrons.